The molecule has 27 heavy (non-hydrogen) atoms. The number of benzene rings is 1. The monoisotopic (exact) mass is 383 g/mol. The first-order chi connectivity index (χ1) is 13.0. The second kappa shape index (κ2) is 9.79. The van der Waals surface area contributed by atoms with Gasteiger partial charge in [0.05, 0.1) is 12.2 Å². The fourth-order valence-corrected chi connectivity index (χ4v) is 3.50. The Labute approximate surface area is 163 Å². The fourth-order valence-electron chi connectivity index (χ4n) is 2.40. The van der Waals surface area contributed by atoms with Crippen LogP contribution >= 0.6 is 11.8 Å². The molecule has 0 unspecified atom stereocenters. The molecule has 0 aliphatic rings. The van der Waals surface area contributed by atoms with Crippen molar-refractivity contribution in [1.82, 2.24) is 9.88 Å². The molecule has 0 aliphatic carbocycles. The molecule has 0 aliphatic heterocycles. The molecule has 0 atom stereocenters. The first kappa shape index (κ1) is 20.5. The standard InChI is InChI=1S/C19H21N5O2S/c1-24(2)7-10-27-19-16(12-21)17(15(11-20)18(22)23-19)13-3-5-14(6-4-13)26-9-8-25/h3-6,25H,7-10H2,1-2H3,(H2,22,23). The van der Waals surface area contributed by atoms with E-state index in [4.69, 9.17) is 15.6 Å². The predicted octanol–water partition coefficient (Wildman–Crippen LogP) is 2.10. The second-order valence-electron chi connectivity index (χ2n) is 5.90. The third-order valence-electron chi connectivity index (χ3n) is 3.70. The van der Waals surface area contributed by atoms with Gasteiger partial charge in [-0.2, -0.15) is 10.5 Å². The summed E-state index contributed by atoms with van der Waals surface area (Å²) in [6.45, 7) is 0.942. The highest BCUT2D eigenvalue weighted by molar-refractivity contribution is 7.99. The van der Waals surface area contributed by atoms with Crippen molar-refractivity contribution in [2.24, 2.45) is 0 Å². The Morgan fingerprint density at radius 1 is 1.19 bits per heavy atom. The van der Waals surface area contributed by atoms with Crippen LogP contribution in [0.2, 0.25) is 0 Å². The Kier molecular flexibility index (Phi) is 7.44. The molecule has 0 saturated heterocycles. The largest absolute Gasteiger partial charge is 0.491 e. The third-order valence-corrected chi connectivity index (χ3v) is 4.65. The molecular weight excluding hydrogens is 362 g/mol. The van der Waals surface area contributed by atoms with Gasteiger partial charge in [-0.1, -0.05) is 12.1 Å². The number of aliphatic hydroxyl groups is 1. The zero-order valence-electron chi connectivity index (χ0n) is 15.3. The van der Waals surface area contributed by atoms with Gasteiger partial charge in [0.25, 0.3) is 0 Å². The molecule has 7 nitrogen and oxygen atoms in total. The van der Waals surface area contributed by atoms with E-state index in [0.29, 0.717) is 27.5 Å². The van der Waals surface area contributed by atoms with Gasteiger partial charge in [-0.05, 0) is 31.8 Å². The molecule has 2 rings (SSSR count). The first-order valence-electron chi connectivity index (χ1n) is 8.27. The van der Waals surface area contributed by atoms with Crippen LogP contribution in [0.5, 0.6) is 5.75 Å². The lowest BCUT2D eigenvalue weighted by atomic mass is 9.97. The SMILES string of the molecule is CN(C)CCSc1nc(N)c(C#N)c(-c2ccc(OCCO)cc2)c1C#N. The lowest BCUT2D eigenvalue weighted by Crippen LogP contribution is -2.15. The van der Waals surface area contributed by atoms with E-state index in [1.54, 1.807) is 24.3 Å². The third kappa shape index (κ3) is 5.11. The molecule has 0 amide bonds. The Bertz CT molecular complexity index is 870. The van der Waals surface area contributed by atoms with E-state index in [0.717, 1.165) is 12.3 Å². The highest BCUT2D eigenvalue weighted by Crippen LogP contribution is 2.36. The van der Waals surface area contributed by atoms with Crippen LogP contribution in [0, 0.1) is 22.7 Å². The number of anilines is 1. The molecule has 0 bridgehead atoms. The smallest absolute Gasteiger partial charge is 0.143 e. The van der Waals surface area contributed by atoms with E-state index in [1.165, 1.54) is 11.8 Å². The minimum atomic E-state index is -0.0761. The average Bonchev–Trinajstić information content (AvgIpc) is 2.66. The highest BCUT2D eigenvalue weighted by atomic mass is 32.2. The molecule has 140 valence electrons. The predicted molar refractivity (Wildman–Crippen MR) is 105 cm³/mol. The van der Waals surface area contributed by atoms with Crippen LogP contribution in [0.25, 0.3) is 11.1 Å². The number of aliphatic hydroxyl groups excluding tert-OH is 1. The van der Waals surface area contributed by atoms with E-state index in [2.05, 4.69) is 17.1 Å². The molecule has 8 heteroatoms. The van der Waals surface area contributed by atoms with Crippen molar-refractivity contribution in [3.05, 3.63) is 35.4 Å². The van der Waals surface area contributed by atoms with E-state index >= 15 is 0 Å². The van der Waals surface area contributed by atoms with Crippen molar-refractivity contribution >= 4 is 17.6 Å². The van der Waals surface area contributed by atoms with Crippen LogP contribution in [0.3, 0.4) is 0 Å². The van der Waals surface area contributed by atoms with Crippen molar-refractivity contribution < 1.29 is 9.84 Å². The summed E-state index contributed by atoms with van der Waals surface area (Å²) < 4.78 is 5.36. The first-order valence-corrected chi connectivity index (χ1v) is 9.25. The van der Waals surface area contributed by atoms with Gasteiger partial charge in [0.15, 0.2) is 0 Å². The van der Waals surface area contributed by atoms with Gasteiger partial charge in [0.1, 0.15) is 40.9 Å². The number of aromatic nitrogens is 1. The van der Waals surface area contributed by atoms with Crippen LogP contribution in [0.15, 0.2) is 29.3 Å². The van der Waals surface area contributed by atoms with Gasteiger partial charge in [0.2, 0.25) is 0 Å². The maximum atomic E-state index is 9.73. The van der Waals surface area contributed by atoms with Crippen LogP contribution in [0.1, 0.15) is 11.1 Å². The lowest BCUT2D eigenvalue weighted by Gasteiger charge is -2.14. The molecule has 1 aromatic heterocycles. The lowest BCUT2D eigenvalue weighted by molar-refractivity contribution is 0.201. The van der Waals surface area contributed by atoms with Crippen molar-refractivity contribution in [1.29, 1.82) is 10.5 Å². The van der Waals surface area contributed by atoms with Gasteiger partial charge >= 0.3 is 0 Å². The Balaban J connectivity index is 2.48. The maximum absolute atomic E-state index is 9.73. The Hall–Kier alpha value is -2.78. The normalized spacial score (nSPS) is 10.4. The van der Waals surface area contributed by atoms with Crippen molar-refractivity contribution in [3.63, 3.8) is 0 Å². The number of nitrogen functional groups attached to an aromatic ring is 1. The van der Waals surface area contributed by atoms with Crippen LogP contribution < -0.4 is 10.5 Å². The van der Waals surface area contributed by atoms with E-state index in [1.807, 2.05) is 19.0 Å². The van der Waals surface area contributed by atoms with Crippen LogP contribution in [-0.2, 0) is 0 Å². The van der Waals surface area contributed by atoms with Gasteiger partial charge < -0.3 is 20.5 Å². The molecule has 3 N–H and O–H groups in total. The quantitative estimate of drug-likeness (QED) is 0.665. The zero-order valence-corrected chi connectivity index (χ0v) is 16.1. The Morgan fingerprint density at radius 2 is 1.85 bits per heavy atom. The summed E-state index contributed by atoms with van der Waals surface area (Å²) in [6.07, 6.45) is 0. The van der Waals surface area contributed by atoms with Crippen LogP contribution in [-0.4, -0.2) is 54.6 Å². The van der Waals surface area contributed by atoms with Gasteiger partial charge in [-0.3, -0.25) is 0 Å². The number of nitriles is 2. The molecule has 1 heterocycles. The van der Waals surface area contributed by atoms with Crippen LogP contribution in [0.4, 0.5) is 5.82 Å². The second-order valence-corrected chi connectivity index (χ2v) is 6.98. The summed E-state index contributed by atoms with van der Waals surface area (Å²) in [7, 11) is 3.94. The number of thioether (sulfide) groups is 1. The van der Waals surface area contributed by atoms with Crippen molar-refractivity contribution in [2.75, 3.05) is 45.3 Å². The zero-order chi connectivity index (χ0) is 19.8. The summed E-state index contributed by atoms with van der Waals surface area (Å²) in [6, 6.07) is 11.2. The fraction of sp³-hybridized carbons (Fsp3) is 0.316. The van der Waals surface area contributed by atoms with Gasteiger partial charge in [-0.25, -0.2) is 4.98 Å². The minimum absolute atomic E-state index is 0.0761. The molecule has 0 saturated carbocycles. The minimum Gasteiger partial charge on any atom is -0.491 e. The maximum Gasteiger partial charge on any atom is 0.143 e. The Morgan fingerprint density at radius 3 is 2.41 bits per heavy atom. The van der Waals surface area contributed by atoms with Gasteiger partial charge in [0, 0.05) is 17.9 Å². The molecule has 0 fully saturated rings. The number of nitrogens with two attached hydrogens (primary N) is 1. The molecule has 0 spiro atoms. The summed E-state index contributed by atoms with van der Waals surface area (Å²) in [5.74, 6) is 1.44. The number of nitrogens with zero attached hydrogens (tertiary/aromatic N) is 4. The molecule has 0 radical (unpaired) electrons. The number of hydrogen-bond acceptors (Lipinski definition) is 8. The number of pyridine rings is 1. The van der Waals surface area contributed by atoms with Crippen molar-refractivity contribution in [3.8, 4) is 29.0 Å². The van der Waals surface area contributed by atoms with E-state index in [-0.39, 0.29) is 24.6 Å². The number of ether oxygens (including phenoxy) is 1. The molecule has 1 aromatic carbocycles. The highest BCUT2D eigenvalue weighted by Gasteiger charge is 2.20. The topological polar surface area (TPSA) is 119 Å². The number of hydrogen-bond donors (Lipinski definition) is 2. The average molecular weight is 383 g/mol. The van der Waals surface area contributed by atoms with E-state index in [9.17, 15) is 10.5 Å². The molecular formula is C19H21N5O2S. The van der Waals surface area contributed by atoms with E-state index < -0.39 is 0 Å². The summed E-state index contributed by atoms with van der Waals surface area (Å²) in [4.78, 5) is 6.32. The summed E-state index contributed by atoms with van der Waals surface area (Å²) in [5.41, 5.74) is 7.69. The summed E-state index contributed by atoms with van der Waals surface area (Å²) in [5, 5.41) is 28.6. The van der Waals surface area contributed by atoms with Crippen molar-refractivity contribution in [2.45, 2.75) is 5.03 Å². The molecule has 2 aromatic rings. The van der Waals surface area contributed by atoms with Gasteiger partial charge in [-0.15, -0.1) is 11.8 Å². The summed E-state index contributed by atoms with van der Waals surface area (Å²) >= 11 is 1.44. The number of rotatable bonds is 8.